The summed E-state index contributed by atoms with van der Waals surface area (Å²) < 4.78 is 1.87. The number of rotatable bonds is 4. The Balaban J connectivity index is 1.73. The fraction of sp³-hybridized carbons (Fsp3) is 0.615. The fourth-order valence-corrected chi connectivity index (χ4v) is 3.23. The van der Waals surface area contributed by atoms with Gasteiger partial charge in [0.15, 0.2) is 5.69 Å². The highest BCUT2D eigenvalue weighted by Crippen LogP contribution is 2.21. The lowest BCUT2D eigenvalue weighted by Gasteiger charge is -2.23. The summed E-state index contributed by atoms with van der Waals surface area (Å²) in [7, 11) is 0. The van der Waals surface area contributed by atoms with E-state index in [1.165, 1.54) is 11.3 Å². The van der Waals surface area contributed by atoms with Crippen LogP contribution in [-0.4, -0.2) is 44.2 Å². The Kier molecular flexibility index (Phi) is 4.44. The molecule has 0 radical (unpaired) electrons. The normalized spacial score (nSPS) is 15.9. The number of aryl methyl sites for hydroxylation is 1. The van der Waals surface area contributed by atoms with Gasteiger partial charge >= 0.3 is 0 Å². The predicted octanol–water partition coefficient (Wildman–Crippen LogP) is 1.18. The van der Waals surface area contributed by atoms with Gasteiger partial charge in [-0.2, -0.15) is 0 Å². The minimum atomic E-state index is -0.281. The molecule has 2 N–H and O–H groups in total. The van der Waals surface area contributed by atoms with Crippen LogP contribution >= 0.6 is 11.3 Å². The Labute approximate surface area is 132 Å². The highest BCUT2D eigenvalue weighted by atomic mass is 32.1. The number of piperidine rings is 1. The Morgan fingerprint density at radius 1 is 1.36 bits per heavy atom. The van der Waals surface area contributed by atoms with Crippen LogP contribution in [0.25, 0.3) is 0 Å². The highest BCUT2D eigenvalue weighted by Gasteiger charge is 2.23. The van der Waals surface area contributed by atoms with Crippen molar-refractivity contribution in [3.63, 3.8) is 0 Å². The lowest BCUT2D eigenvalue weighted by Crippen LogP contribution is -2.30. The SMILES string of the molecule is CCc1nnc(NC(=O)c2nnn(C3CCNCC3)c2C)s1. The number of carbonyl (C=O) groups is 1. The van der Waals surface area contributed by atoms with Crippen molar-refractivity contribution in [2.45, 2.75) is 39.2 Å². The van der Waals surface area contributed by atoms with Gasteiger partial charge in [-0.25, -0.2) is 4.68 Å². The smallest absolute Gasteiger partial charge is 0.279 e. The molecule has 0 aliphatic carbocycles. The van der Waals surface area contributed by atoms with Gasteiger partial charge in [-0.1, -0.05) is 23.5 Å². The maximum atomic E-state index is 12.3. The lowest BCUT2D eigenvalue weighted by atomic mass is 10.1. The van der Waals surface area contributed by atoms with Gasteiger partial charge in [-0.15, -0.1) is 15.3 Å². The third kappa shape index (κ3) is 3.00. The molecule has 118 valence electrons. The molecular formula is C13H19N7OS. The molecular weight excluding hydrogens is 302 g/mol. The van der Waals surface area contributed by atoms with Crippen LogP contribution in [0.3, 0.4) is 0 Å². The van der Waals surface area contributed by atoms with E-state index in [0.717, 1.165) is 43.1 Å². The van der Waals surface area contributed by atoms with E-state index in [1.54, 1.807) is 0 Å². The minimum absolute atomic E-state index is 0.281. The van der Waals surface area contributed by atoms with Crippen molar-refractivity contribution in [2.75, 3.05) is 18.4 Å². The zero-order valence-corrected chi connectivity index (χ0v) is 13.5. The van der Waals surface area contributed by atoms with Crippen molar-refractivity contribution in [3.05, 3.63) is 16.4 Å². The van der Waals surface area contributed by atoms with Crippen LogP contribution in [0.1, 0.15) is 47.0 Å². The van der Waals surface area contributed by atoms with Crippen LogP contribution in [0, 0.1) is 6.92 Å². The number of nitrogens with zero attached hydrogens (tertiary/aromatic N) is 5. The van der Waals surface area contributed by atoms with Gasteiger partial charge in [-0.05, 0) is 39.3 Å². The third-order valence-corrected chi connectivity index (χ3v) is 4.77. The van der Waals surface area contributed by atoms with Crippen molar-refractivity contribution in [1.29, 1.82) is 0 Å². The summed E-state index contributed by atoms with van der Waals surface area (Å²) in [5.74, 6) is -0.281. The fourth-order valence-electron chi connectivity index (χ4n) is 2.55. The van der Waals surface area contributed by atoms with Crippen LogP contribution in [0.4, 0.5) is 5.13 Å². The molecule has 1 aliphatic heterocycles. The molecule has 0 saturated carbocycles. The molecule has 8 nitrogen and oxygen atoms in total. The highest BCUT2D eigenvalue weighted by molar-refractivity contribution is 7.15. The van der Waals surface area contributed by atoms with Gasteiger partial charge in [0.25, 0.3) is 5.91 Å². The van der Waals surface area contributed by atoms with Crippen LogP contribution in [0.15, 0.2) is 0 Å². The van der Waals surface area contributed by atoms with Crippen molar-refractivity contribution < 1.29 is 4.79 Å². The average Bonchev–Trinajstić information content (AvgIpc) is 3.14. The molecule has 1 amide bonds. The van der Waals surface area contributed by atoms with E-state index in [2.05, 4.69) is 31.1 Å². The standard InChI is InChI=1S/C13H19N7OS/c1-3-10-16-18-13(22-10)15-12(21)11-8(2)20(19-17-11)9-4-6-14-7-5-9/h9,14H,3-7H2,1-2H3,(H,15,18,21). The summed E-state index contributed by atoms with van der Waals surface area (Å²) in [6, 6.07) is 0.309. The summed E-state index contributed by atoms with van der Waals surface area (Å²) in [6.45, 7) is 5.82. The molecule has 0 aromatic carbocycles. The molecule has 0 atom stereocenters. The Bertz CT molecular complexity index is 659. The van der Waals surface area contributed by atoms with Gasteiger partial charge in [0.05, 0.1) is 11.7 Å². The Hall–Kier alpha value is -1.87. The van der Waals surface area contributed by atoms with Crippen LogP contribution in [0.2, 0.25) is 0 Å². The van der Waals surface area contributed by atoms with Gasteiger partial charge in [0.2, 0.25) is 5.13 Å². The number of hydrogen-bond acceptors (Lipinski definition) is 7. The van der Waals surface area contributed by atoms with Crippen molar-refractivity contribution in [2.24, 2.45) is 0 Å². The first-order valence-corrected chi connectivity index (χ1v) is 8.27. The van der Waals surface area contributed by atoms with Gasteiger partial charge < -0.3 is 5.32 Å². The number of anilines is 1. The second-order valence-corrected chi connectivity index (χ2v) is 6.32. The first-order chi connectivity index (χ1) is 10.7. The van der Waals surface area contributed by atoms with Crippen LogP contribution in [-0.2, 0) is 6.42 Å². The zero-order chi connectivity index (χ0) is 15.5. The van der Waals surface area contributed by atoms with E-state index in [9.17, 15) is 4.79 Å². The molecule has 2 aromatic rings. The zero-order valence-electron chi connectivity index (χ0n) is 12.7. The summed E-state index contributed by atoms with van der Waals surface area (Å²) in [5.41, 5.74) is 1.15. The molecule has 1 fully saturated rings. The van der Waals surface area contributed by atoms with Crippen molar-refractivity contribution in [1.82, 2.24) is 30.5 Å². The Morgan fingerprint density at radius 2 is 2.14 bits per heavy atom. The van der Waals surface area contributed by atoms with Crippen LogP contribution < -0.4 is 10.6 Å². The van der Waals surface area contributed by atoms with E-state index in [0.29, 0.717) is 16.9 Å². The van der Waals surface area contributed by atoms with Gasteiger partial charge in [-0.3, -0.25) is 10.1 Å². The molecule has 0 unspecified atom stereocenters. The lowest BCUT2D eigenvalue weighted by molar-refractivity contribution is 0.102. The summed E-state index contributed by atoms with van der Waals surface area (Å²) >= 11 is 1.38. The molecule has 0 bridgehead atoms. The predicted molar refractivity (Wildman–Crippen MR) is 83.1 cm³/mol. The average molecular weight is 321 g/mol. The monoisotopic (exact) mass is 321 g/mol. The quantitative estimate of drug-likeness (QED) is 0.877. The molecule has 1 aliphatic rings. The largest absolute Gasteiger partial charge is 0.317 e. The number of amides is 1. The van der Waals surface area contributed by atoms with E-state index < -0.39 is 0 Å². The van der Waals surface area contributed by atoms with Gasteiger partial charge in [0.1, 0.15) is 5.01 Å². The second kappa shape index (κ2) is 6.49. The topological polar surface area (TPSA) is 97.6 Å². The number of carbonyl (C=O) groups excluding carboxylic acids is 1. The maximum Gasteiger partial charge on any atom is 0.279 e. The number of hydrogen-bond donors (Lipinski definition) is 2. The first kappa shape index (κ1) is 15.0. The molecule has 3 heterocycles. The van der Waals surface area contributed by atoms with Crippen LogP contribution in [0.5, 0.6) is 0 Å². The number of aromatic nitrogens is 5. The molecule has 3 rings (SSSR count). The molecule has 2 aromatic heterocycles. The first-order valence-electron chi connectivity index (χ1n) is 7.45. The van der Waals surface area contributed by atoms with E-state index in [1.807, 2.05) is 18.5 Å². The second-order valence-electron chi connectivity index (χ2n) is 5.26. The minimum Gasteiger partial charge on any atom is -0.317 e. The molecule has 0 spiro atoms. The van der Waals surface area contributed by atoms with Crippen molar-refractivity contribution in [3.8, 4) is 0 Å². The van der Waals surface area contributed by atoms with Crippen molar-refractivity contribution >= 4 is 22.4 Å². The third-order valence-electron chi connectivity index (χ3n) is 3.79. The summed E-state index contributed by atoms with van der Waals surface area (Å²) in [6.07, 6.45) is 2.81. The summed E-state index contributed by atoms with van der Waals surface area (Å²) in [5, 5.41) is 23.6. The maximum absolute atomic E-state index is 12.3. The summed E-state index contributed by atoms with van der Waals surface area (Å²) in [4.78, 5) is 12.3. The molecule has 1 saturated heterocycles. The van der Waals surface area contributed by atoms with E-state index >= 15 is 0 Å². The van der Waals surface area contributed by atoms with E-state index in [4.69, 9.17) is 0 Å². The Morgan fingerprint density at radius 3 is 2.82 bits per heavy atom. The molecule has 9 heteroatoms. The van der Waals surface area contributed by atoms with Gasteiger partial charge in [0, 0.05) is 0 Å². The number of nitrogens with one attached hydrogen (secondary N) is 2. The van der Waals surface area contributed by atoms with E-state index in [-0.39, 0.29) is 5.91 Å². The molecule has 22 heavy (non-hydrogen) atoms.